The van der Waals surface area contributed by atoms with Crippen molar-refractivity contribution in [1.29, 1.82) is 0 Å². The van der Waals surface area contributed by atoms with Crippen LogP contribution in [0.25, 0.3) is 10.8 Å². The summed E-state index contributed by atoms with van der Waals surface area (Å²) in [6.07, 6.45) is 7.23. The first-order valence-electron chi connectivity index (χ1n) is 5.74. The molecule has 1 unspecified atom stereocenters. The third-order valence-corrected chi connectivity index (χ3v) is 3.08. The Bertz CT molecular complexity index is 512. The fraction of sp³-hybridized carbons (Fsp3) is 0.250. The van der Waals surface area contributed by atoms with E-state index >= 15 is 0 Å². The molecule has 16 heavy (non-hydrogen) atoms. The molecule has 2 rings (SSSR count). The average molecular weight is 208 g/mol. The van der Waals surface area contributed by atoms with E-state index in [1.54, 1.807) is 0 Å². The Hall–Kier alpha value is -1.74. The number of benzene rings is 2. The largest absolute Gasteiger partial charge is 0.120 e. The van der Waals surface area contributed by atoms with Gasteiger partial charge in [0.25, 0.3) is 0 Å². The van der Waals surface area contributed by atoms with Crippen molar-refractivity contribution in [2.24, 2.45) is 0 Å². The molecule has 0 heteroatoms. The summed E-state index contributed by atoms with van der Waals surface area (Å²) in [5.41, 5.74) is 1.41. The van der Waals surface area contributed by atoms with Gasteiger partial charge in [0, 0.05) is 6.42 Å². The Morgan fingerprint density at radius 2 is 1.88 bits per heavy atom. The summed E-state index contributed by atoms with van der Waals surface area (Å²) in [5.74, 6) is 3.25. The first kappa shape index (κ1) is 10.8. The molecule has 0 aliphatic rings. The molecule has 0 saturated carbocycles. The van der Waals surface area contributed by atoms with Crippen LogP contribution >= 0.6 is 0 Å². The minimum absolute atomic E-state index is 0.530. The van der Waals surface area contributed by atoms with E-state index in [-0.39, 0.29) is 0 Å². The predicted octanol–water partition coefficient (Wildman–Crippen LogP) is 4.36. The molecule has 2 aromatic carbocycles. The van der Waals surface area contributed by atoms with Crippen LogP contribution in [-0.2, 0) is 0 Å². The second-order valence-corrected chi connectivity index (χ2v) is 4.21. The van der Waals surface area contributed by atoms with Crippen LogP contribution in [0.1, 0.15) is 31.2 Å². The van der Waals surface area contributed by atoms with Gasteiger partial charge < -0.3 is 0 Å². The normalized spacial score (nSPS) is 12.2. The predicted molar refractivity (Wildman–Crippen MR) is 70.4 cm³/mol. The first-order valence-corrected chi connectivity index (χ1v) is 5.74. The monoisotopic (exact) mass is 208 g/mol. The topological polar surface area (TPSA) is 0 Å². The van der Waals surface area contributed by atoms with E-state index in [9.17, 15) is 0 Å². The highest BCUT2D eigenvalue weighted by molar-refractivity contribution is 5.86. The molecule has 0 aromatic heterocycles. The van der Waals surface area contributed by atoms with E-state index < -0.39 is 0 Å². The molecule has 0 saturated heterocycles. The lowest BCUT2D eigenvalue weighted by Crippen LogP contribution is -1.94. The highest BCUT2D eigenvalue weighted by Gasteiger charge is 2.07. The quantitative estimate of drug-likeness (QED) is 0.657. The SMILES string of the molecule is C#CCCC(C)c1cccc2ccccc12. The van der Waals surface area contributed by atoms with Crippen LogP contribution in [0, 0.1) is 12.3 Å². The molecular formula is C16H16. The summed E-state index contributed by atoms with van der Waals surface area (Å²) >= 11 is 0. The van der Waals surface area contributed by atoms with Gasteiger partial charge in [-0.1, -0.05) is 49.4 Å². The summed E-state index contributed by atoms with van der Waals surface area (Å²) in [6, 6.07) is 15.0. The van der Waals surface area contributed by atoms with Gasteiger partial charge in [0.1, 0.15) is 0 Å². The maximum atomic E-state index is 5.32. The molecule has 0 aliphatic carbocycles. The molecular weight excluding hydrogens is 192 g/mol. The molecule has 0 nitrogen and oxygen atoms in total. The van der Waals surface area contributed by atoms with Crippen LogP contribution in [0.4, 0.5) is 0 Å². The van der Waals surface area contributed by atoms with Crippen molar-refractivity contribution in [3.63, 3.8) is 0 Å². The number of terminal acetylenes is 1. The van der Waals surface area contributed by atoms with Crippen LogP contribution in [-0.4, -0.2) is 0 Å². The van der Waals surface area contributed by atoms with Gasteiger partial charge in [0.05, 0.1) is 0 Å². The van der Waals surface area contributed by atoms with Gasteiger partial charge in [-0.25, -0.2) is 0 Å². The molecule has 0 aliphatic heterocycles. The van der Waals surface area contributed by atoms with Crippen molar-refractivity contribution in [2.45, 2.75) is 25.7 Å². The molecule has 0 bridgehead atoms. The van der Waals surface area contributed by atoms with Crippen molar-refractivity contribution < 1.29 is 0 Å². The van der Waals surface area contributed by atoms with Gasteiger partial charge in [-0.15, -0.1) is 12.3 Å². The molecule has 1 atom stereocenters. The van der Waals surface area contributed by atoms with E-state index in [1.165, 1.54) is 16.3 Å². The van der Waals surface area contributed by atoms with Crippen LogP contribution in [0.3, 0.4) is 0 Å². The highest BCUT2D eigenvalue weighted by Crippen LogP contribution is 2.28. The lowest BCUT2D eigenvalue weighted by Gasteiger charge is -2.13. The average Bonchev–Trinajstić information content (AvgIpc) is 2.35. The van der Waals surface area contributed by atoms with Crippen LogP contribution in [0.15, 0.2) is 42.5 Å². The Balaban J connectivity index is 2.40. The standard InChI is InChI=1S/C16H16/c1-3-4-8-13(2)15-12-7-10-14-9-5-6-11-16(14)15/h1,5-7,9-13H,4,8H2,2H3. The molecule has 80 valence electrons. The molecule has 0 heterocycles. The second kappa shape index (κ2) is 4.86. The van der Waals surface area contributed by atoms with E-state index in [1.807, 2.05) is 0 Å². The Morgan fingerprint density at radius 1 is 1.12 bits per heavy atom. The summed E-state index contributed by atoms with van der Waals surface area (Å²) in [7, 11) is 0. The molecule has 0 radical (unpaired) electrons. The van der Waals surface area contributed by atoms with Gasteiger partial charge in [-0.2, -0.15) is 0 Å². The van der Waals surface area contributed by atoms with Gasteiger partial charge in [-0.3, -0.25) is 0 Å². The zero-order valence-electron chi connectivity index (χ0n) is 9.61. The van der Waals surface area contributed by atoms with Crippen molar-refractivity contribution in [2.75, 3.05) is 0 Å². The summed E-state index contributed by atoms with van der Waals surface area (Å²) in [6.45, 7) is 2.25. The third kappa shape index (κ3) is 2.09. The van der Waals surface area contributed by atoms with Gasteiger partial charge in [0.15, 0.2) is 0 Å². The number of hydrogen-bond donors (Lipinski definition) is 0. The van der Waals surface area contributed by atoms with Crippen molar-refractivity contribution in [1.82, 2.24) is 0 Å². The Kier molecular flexibility index (Phi) is 3.27. The Labute approximate surface area is 97.3 Å². The minimum atomic E-state index is 0.530. The van der Waals surface area contributed by atoms with Crippen molar-refractivity contribution in [3.8, 4) is 12.3 Å². The van der Waals surface area contributed by atoms with Crippen LogP contribution in [0.2, 0.25) is 0 Å². The van der Waals surface area contributed by atoms with Crippen molar-refractivity contribution in [3.05, 3.63) is 48.0 Å². The molecule has 2 aromatic rings. The van der Waals surface area contributed by atoms with Crippen LogP contribution < -0.4 is 0 Å². The number of rotatable bonds is 3. The Morgan fingerprint density at radius 3 is 2.69 bits per heavy atom. The number of hydrogen-bond acceptors (Lipinski definition) is 0. The summed E-state index contributed by atoms with van der Waals surface area (Å²) in [4.78, 5) is 0. The maximum Gasteiger partial charge on any atom is 0.00917 e. The second-order valence-electron chi connectivity index (χ2n) is 4.21. The molecule has 0 spiro atoms. The lowest BCUT2D eigenvalue weighted by atomic mass is 9.92. The summed E-state index contributed by atoms with van der Waals surface area (Å²) in [5, 5.41) is 2.67. The lowest BCUT2D eigenvalue weighted by molar-refractivity contribution is 0.704. The fourth-order valence-corrected chi connectivity index (χ4v) is 2.14. The highest BCUT2D eigenvalue weighted by atomic mass is 14.1. The smallest absolute Gasteiger partial charge is 0.00917 e. The zero-order valence-corrected chi connectivity index (χ0v) is 9.61. The van der Waals surface area contributed by atoms with Gasteiger partial charge in [-0.05, 0) is 28.7 Å². The van der Waals surface area contributed by atoms with E-state index in [0.717, 1.165) is 12.8 Å². The molecule has 0 fully saturated rings. The van der Waals surface area contributed by atoms with Crippen molar-refractivity contribution >= 4 is 10.8 Å². The van der Waals surface area contributed by atoms with Crippen LogP contribution in [0.5, 0.6) is 0 Å². The molecule has 0 N–H and O–H groups in total. The summed E-state index contributed by atoms with van der Waals surface area (Å²) < 4.78 is 0. The fourth-order valence-electron chi connectivity index (χ4n) is 2.14. The number of fused-ring (bicyclic) bond motifs is 1. The zero-order chi connectivity index (χ0) is 11.4. The van der Waals surface area contributed by atoms with E-state index in [4.69, 9.17) is 6.42 Å². The van der Waals surface area contributed by atoms with Gasteiger partial charge >= 0.3 is 0 Å². The van der Waals surface area contributed by atoms with Gasteiger partial charge in [0.2, 0.25) is 0 Å². The maximum absolute atomic E-state index is 5.32. The third-order valence-electron chi connectivity index (χ3n) is 3.08. The van der Waals surface area contributed by atoms with E-state index in [0.29, 0.717) is 5.92 Å². The minimum Gasteiger partial charge on any atom is -0.120 e. The first-order chi connectivity index (χ1) is 7.83. The molecule has 0 amide bonds. The van der Waals surface area contributed by atoms with E-state index in [2.05, 4.69) is 55.3 Å².